The molecule has 5 unspecified atom stereocenters. The summed E-state index contributed by atoms with van der Waals surface area (Å²) in [4.78, 5) is 114. The molecular formula is C33H45N13O10. The summed E-state index contributed by atoms with van der Waals surface area (Å²) in [7, 11) is 0. The minimum absolute atomic E-state index is 0.0440. The van der Waals surface area contributed by atoms with Gasteiger partial charge in [-0.25, -0.2) is 9.78 Å². The first-order chi connectivity index (χ1) is 26.5. The zero-order chi connectivity index (χ0) is 41.4. The van der Waals surface area contributed by atoms with Crippen LogP contribution in [-0.4, -0.2) is 122 Å². The van der Waals surface area contributed by atoms with Crippen molar-refractivity contribution in [1.82, 2.24) is 41.5 Å². The summed E-state index contributed by atoms with van der Waals surface area (Å²) >= 11 is 0. The Hall–Kier alpha value is -7.04. The highest BCUT2D eigenvalue weighted by Gasteiger charge is 2.31. The maximum Gasteiger partial charge on any atom is 0.326 e. The molecule has 0 bridgehead atoms. The molecule has 17 N–H and O–H groups in total. The van der Waals surface area contributed by atoms with Gasteiger partial charge in [-0.05, 0) is 24.5 Å². The van der Waals surface area contributed by atoms with Crippen LogP contribution in [0.2, 0.25) is 0 Å². The number of H-pyrrole nitrogens is 2. The number of nitrogens with one attached hydrogen (secondary N) is 7. The molecule has 0 aliphatic rings. The number of rotatable bonds is 23. The van der Waals surface area contributed by atoms with E-state index in [4.69, 9.17) is 22.9 Å². The Labute approximate surface area is 318 Å². The second kappa shape index (κ2) is 21.0. The van der Waals surface area contributed by atoms with Crippen LogP contribution in [0.15, 0.2) is 48.0 Å². The number of fused-ring (bicyclic) bond motifs is 1. The largest absolute Gasteiger partial charge is 0.481 e. The van der Waals surface area contributed by atoms with E-state index in [1.807, 2.05) is 0 Å². The van der Waals surface area contributed by atoms with E-state index in [1.54, 1.807) is 30.5 Å². The lowest BCUT2D eigenvalue weighted by molar-refractivity contribution is -0.143. The molecule has 0 saturated carbocycles. The van der Waals surface area contributed by atoms with Gasteiger partial charge in [0.05, 0.1) is 31.8 Å². The number of guanidine groups is 1. The number of carboxylic acid groups (broad SMARTS) is 2. The Kier molecular flexibility index (Phi) is 16.3. The number of hydrogen-bond acceptors (Lipinski definition) is 11. The van der Waals surface area contributed by atoms with E-state index < -0.39 is 97.0 Å². The average Bonchev–Trinajstić information content (AvgIpc) is 3.80. The first-order valence-corrected chi connectivity index (χ1v) is 17.1. The van der Waals surface area contributed by atoms with Gasteiger partial charge in [-0.15, -0.1) is 0 Å². The van der Waals surface area contributed by atoms with E-state index >= 15 is 0 Å². The molecule has 0 fully saturated rings. The summed E-state index contributed by atoms with van der Waals surface area (Å²) in [6, 6.07) is -0.276. The van der Waals surface area contributed by atoms with Crippen molar-refractivity contribution in [2.45, 2.75) is 68.7 Å². The summed E-state index contributed by atoms with van der Waals surface area (Å²) in [5.74, 6) is -8.78. The van der Waals surface area contributed by atoms with Crippen molar-refractivity contribution in [2.75, 3.05) is 13.1 Å². The SMILES string of the molecule is NC(=O)CC(N)C(=O)NC(Cc1cnc[nH]1)C(=O)NC(CCCN=C(N)N)C(=O)NCC(=O)NC(CC(=O)O)C(=O)NC(Cc1c[nH]c2ccccc12)C(=O)O. The van der Waals surface area contributed by atoms with Crippen LogP contribution >= 0.6 is 0 Å². The minimum atomic E-state index is -1.75. The molecule has 2 heterocycles. The average molecular weight is 784 g/mol. The fourth-order valence-electron chi connectivity index (χ4n) is 5.37. The summed E-state index contributed by atoms with van der Waals surface area (Å²) < 4.78 is 0. The maximum atomic E-state index is 13.5. The van der Waals surface area contributed by atoms with Crippen LogP contribution < -0.4 is 49.5 Å². The number of nitrogens with two attached hydrogens (primary N) is 4. The van der Waals surface area contributed by atoms with Gasteiger partial charge in [0.25, 0.3) is 0 Å². The second-order valence-electron chi connectivity index (χ2n) is 12.5. The number of aromatic amines is 2. The molecular weight excluding hydrogens is 738 g/mol. The third kappa shape index (κ3) is 14.1. The molecule has 0 aliphatic heterocycles. The monoisotopic (exact) mass is 783 g/mol. The van der Waals surface area contributed by atoms with Crippen LogP contribution in [0.3, 0.4) is 0 Å². The van der Waals surface area contributed by atoms with Gasteiger partial charge in [-0.1, -0.05) is 18.2 Å². The fraction of sp³-hybridized carbons (Fsp3) is 0.394. The lowest BCUT2D eigenvalue weighted by Gasteiger charge is -2.24. The maximum absolute atomic E-state index is 13.5. The number of imidazole rings is 1. The van der Waals surface area contributed by atoms with Crippen LogP contribution in [0.25, 0.3) is 10.9 Å². The Morgan fingerprint density at radius 3 is 2.11 bits per heavy atom. The molecule has 1 aromatic carbocycles. The molecule has 5 atom stereocenters. The smallest absolute Gasteiger partial charge is 0.326 e. The minimum Gasteiger partial charge on any atom is -0.481 e. The van der Waals surface area contributed by atoms with Gasteiger partial charge >= 0.3 is 11.9 Å². The number of aliphatic imine (C=N–C) groups is 1. The molecule has 3 rings (SSSR count). The fourth-order valence-corrected chi connectivity index (χ4v) is 5.37. The summed E-state index contributed by atoms with van der Waals surface area (Å²) in [6.07, 6.45) is 2.60. The quantitative estimate of drug-likeness (QED) is 0.0245. The van der Waals surface area contributed by atoms with Crippen molar-refractivity contribution in [3.8, 4) is 0 Å². The van der Waals surface area contributed by atoms with Crippen LogP contribution in [0.1, 0.15) is 36.9 Å². The molecule has 0 radical (unpaired) electrons. The van der Waals surface area contributed by atoms with Crippen molar-refractivity contribution in [1.29, 1.82) is 0 Å². The lowest BCUT2D eigenvalue weighted by atomic mass is 10.0. The standard InChI is InChI=1S/C33H45N13O10/c34-19(10-25(35)47)28(51)45-22(9-17-13-38-15-42-17)30(53)44-21(6-3-7-39-33(36)37)29(52)41-14-26(48)43-23(11-27(49)50)31(54)46-24(32(55)56)8-16-12-40-20-5-2-1-4-18(16)20/h1-2,4-5,12-13,15,19,21-24,40H,3,6-11,14,34H2,(H2,35,47)(H,38,42)(H,41,52)(H,43,48)(H,44,53)(H,45,51)(H,46,54)(H,49,50)(H,55,56)(H4,36,37,39). The first kappa shape index (κ1) is 43.4. The third-order valence-electron chi connectivity index (χ3n) is 8.12. The van der Waals surface area contributed by atoms with Crippen LogP contribution in [0, 0.1) is 0 Å². The number of hydrogen-bond donors (Lipinski definition) is 13. The molecule has 0 spiro atoms. The number of benzene rings is 1. The van der Waals surface area contributed by atoms with Crippen molar-refractivity contribution in [3.63, 3.8) is 0 Å². The molecule has 2 aromatic heterocycles. The normalized spacial score (nSPS) is 13.5. The van der Waals surface area contributed by atoms with Crippen LogP contribution in [0.5, 0.6) is 0 Å². The number of primary amides is 1. The van der Waals surface area contributed by atoms with E-state index in [0.29, 0.717) is 16.6 Å². The molecule has 302 valence electrons. The first-order valence-electron chi connectivity index (χ1n) is 17.1. The Morgan fingerprint density at radius 1 is 0.786 bits per heavy atom. The van der Waals surface area contributed by atoms with E-state index in [2.05, 4.69) is 46.5 Å². The van der Waals surface area contributed by atoms with Gasteiger partial charge < -0.3 is 69.7 Å². The Bertz CT molecular complexity index is 1910. The van der Waals surface area contributed by atoms with Gasteiger partial charge in [0.15, 0.2) is 5.96 Å². The number of aromatic nitrogens is 3. The van der Waals surface area contributed by atoms with Crippen molar-refractivity contribution in [2.24, 2.45) is 27.9 Å². The third-order valence-corrected chi connectivity index (χ3v) is 8.12. The van der Waals surface area contributed by atoms with Gasteiger partial charge in [0.2, 0.25) is 35.4 Å². The lowest BCUT2D eigenvalue weighted by Crippen LogP contribution is -2.57. The van der Waals surface area contributed by atoms with Gasteiger partial charge in [0.1, 0.15) is 24.2 Å². The molecule has 6 amide bonds. The number of carbonyl (C=O) groups excluding carboxylic acids is 6. The molecule has 23 nitrogen and oxygen atoms in total. The number of carbonyl (C=O) groups is 8. The van der Waals surface area contributed by atoms with E-state index in [-0.39, 0.29) is 38.2 Å². The highest BCUT2D eigenvalue weighted by Crippen LogP contribution is 2.19. The number of carboxylic acids is 2. The van der Waals surface area contributed by atoms with Crippen molar-refractivity contribution in [3.05, 3.63) is 54.2 Å². The van der Waals surface area contributed by atoms with E-state index in [0.717, 1.165) is 5.52 Å². The Balaban J connectivity index is 1.70. The molecule has 0 aliphatic carbocycles. The Morgan fingerprint density at radius 2 is 1.46 bits per heavy atom. The zero-order valence-electron chi connectivity index (χ0n) is 29.9. The summed E-state index contributed by atoms with van der Waals surface area (Å²) in [6.45, 7) is -0.765. The number of aliphatic carboxylic acids is 2. The van der Waals surface area contributed by atoms with E-state index in [9.17, 15) is 48.6 Å². The topological polar surface area (TPSA) is 398 Å². The highest BCUT2D eigenvalue weighted by molar-refractivity contribution is 5.97. The van der Waals surface area contributed by atoms with Crippen LogP contribution in [0.4, 0.5) is 0 Å². The molecule has 23 heteroatoms. The van der Waals surface area contributed by atoms with Gasteiger partial charge in [-0.2, -0.15) is 0 Å². The van der Waals surface area contributed by atoms with Crippen molar-refractivity contribution < 1.29 is 48.6 Å². The van der Waals surface area contributed by atoms with Crippen LogP contribution in [-0.2, 0) is 51.2 Å². The summed E-state index contributed by atoms with van der Waals surface area (Å²) in [5.41, 5.74) is 23.3. The summed E-state index contributed by atoms with van der Waals surface area (Å²) in [5, 5.41) is 31.6. The predicted molar refractivity (Wildman–Crippen MR) is 197 cm³/mol. The highest BCUT2D eigenvalue weighted by atomic mass is 16.4. The predicted octanol–water partition coefficient (Wildman–Crippen LogP) is -4.45. The number of para-hydroxylation sites is 1. The number of nitrogens with zero attached hydrogens (tertiary/aromatic N) is 2. The van der Waals surface area contributed by atoms with Gasteiger partial charge in [0, 0.05) is 48.4 Å². The van der Waals surface area contributed by atoms with E-state index in [1.165, 1.54) is 12.5 Å². The van der Waals surface area contributed by atoms with Crippen molar-refractivity contribution >= 4 is 64.2 Å². The molecule has 0 saturated heterocycles. The van der Waals surface area contributed by atoms with Gasteiger partial charge in [-0.3, -0.25) is 38.6 Å². The molecule has 56 heavy (non-hydrogen) atoms. The number of amides is 6. The zero-order valence-corrected chi connectivity index (χ0v) is 29.9. The second-order valence-corrected chi connectivity index (χ2v) is 12.5. The molecule has 3 aromatic rings.